The summed E-state index contributed by atoms with van der Waals surface area (Å²) in [6.07, 6.45) is 0.202. The molecule has 1 atom stereocenters. The van der Waals surface area contributed by atoms with Gasteiger partial charge in [-0.1, -0.05) is 96.5 Å². The largest absolute Gasteiger partial charge is 0.457 e. The summed E-state index contributed by atoms with van der Waals surface area (Å²) in [4.78, 5) is 29.3. The number of ether oxygens (including phenoxy) is 1. The first kappa shape index (κ1) is 33.2. The summed E-state index contributed by atoms with van der Waals surface area (Å²) in [6.45, 7) is -0.602. The molecule has 5 aromatic carbocycles. The van der Waals surface area contributed by atoms with Crippen LogP contribution in [0.15, 0.2) is 144 Å². The number of para-hydroxylation sites is 1. The number of nitrogens with zero attached hydrogens (tertiary/aromatic N) is 2. The first-order valence-electron chi connectivity index (χ1n) is 15.0. The number of hydrogen-bond donors (Lipinski definition) is 1. The van der Waals surface area contributed by atoms with Gasteiger partial charge in [-0.25, -0.2) is 8.42 Å². The minimum Gasteiger partial charge on any atom is -0.457 e. The summed E-state index contributed by atoms with van der Waals surface area (Å²) >= 11 is 6.52. The lowest BCUT2D eigenvalue weighted by Crippen LogP contribution is -2.53. The summed E-state index contributed by atoms with van der Waals surface area (Å²) in [5.74, 6) is 0.136. The Kier molecular flexibility index (Phi) is 10.9. The smallest absolute Gasteiger partial charge is 0.264 e. The maximum atomic E-state index is 14.5. The van der Waals surface area contributed by atoms with Gasteiger partial charge in [-0.3, -0.25) is 13.9 Å². The third-order valence-electron chi connectivity index (χ3n) is 7.53. The summed E-state index contributed by atoms with van der Waals surface area (Å²) in [7, 11) is -2.72. The number of rotatable bonds is 13. The molecule has 0 aromatic heterocycles. The molecule has 10 heteroatoms. The molecule has 0 bridgehead atoms. The fourth-order valence-corrected chi connectivity index (χ4v) is 6.71. The average Bonchev–Trinajstić information content (AvgIpc) is 3.10. The molecule has 1 N–H and O–H groups in total. The van der Waals surface area contributed by atoms with Crippen molar-refractivity contribution in [2.24, 2.45) is 0 Å². The molecule has 0 fully saturated rings. The number of halogens is 1. The first-order valence-corrected chi connectivity index (χ1v) is 16.8. The van der Waals surface area contributed by atoms with Crippen LogP contribution in [-0.4, -0.2) is 44.8 Å². The van der Waals surface area contributed by atoms with E-state index in [1.54, 1.807) is 66.7 Å². The van der Waals surface area contributed by atoms with Crippen molar-refractivity contribution in [1.29, 1.82) is 0 Å². The Morgan fingerprint density at radius 1 is 0.745 bits per heavy atom. The van der Waals surface area contributed by atoms with Crippen LogP contribution in [0, 0.1) is 0 Å². The van der Waals surface area contributed by atoms with E-state index < -0.39 is 34.4 Å². The van der Waals surface area contributed by atoms with Gasteiger partial charge in [0.05, 0.1) is 10.6 Å². The number of anilines is 1. The molecule has 240 valence electrons. The number of sulfonamides is 1. The maximum absolute atomic E-state index is 14.5. The molecule has 0 aliphatic heterocycles. The van der Waals surface area contributed by atoms with E-state index in [-0.39, 0.29) is 23.5 Å². The Morgan fingerprint density at radius 3 is 1.91 bits per heavy atom. The van der Waals surface area contributed by atoms with Crippen LogP contribution < -0.4 is 14.4 Å². The molecule has 0 aliphatic rings. The highest BCUT2D eigenvalue weighted by molar-refractivity contribution is 7.92. The molecule has 0 aliphatic carbocycles. The van der Waals surface area contributed by atoms with Gasteiger partial charge in [0, 0.05) is 25.0 Å². The van der Waals surface area contributed by atoms with Gasteiger partial charge in [-0.2, -0.15) is 0 Å². The van der Waals surface area contributed by atoms with Crippen LogP contribution in [-0.2, 0) is 32.6 Å². The highest BCUT2D eigenvalue weighted by Crippen LogP contribution is 2.29. The van der Waals surface area contributed by atoms with E-state index in [4.69, 9.17) is 16.3 Å². The lowest BCUT2D eigenvalue weighted by molar-refractivity contribution is -0.139. The Bertz CT molecular complexity index is 1890. The second-order valence-corrected chi connectivity index (χ2v) is 12.9. The van der Waals surface area contributed by atoms with Gasteiger partial charge >= 0.3 is 0 Å². The minimum absolute atomic E-state index is 0.0159. The molecular weight excluding hydrogens is 634 g/mol. The lowest BCUT2D eigenvalue weighted by atomic mass is 10.0. The molecule has 0 heterocycles. The van der Waals surface area contributed by atoms with Crippen LogP contribution in [0.5, 0.6) is 11.5 Å². The Labute approximate surface area is 280 Å². The Balaban J connectivity index is 1.54. The van der Waals surface area contributed by atoms with Gasteiger partial charge in [-0.05, 0) is 65.7 Å². The standard InChI is InChI=1S/C37H34ClN3O5S/c1-39-37(43)35(25-28-13-5-2-6-14-28)40(26-29-15-11-12-20-34(29)38)36(42)27-41(47(44,45)33-18-9-4-10-19-33)30-21-23-32(24-22-30)46-31-16-7-3-8-17-31/h2-24,35H,25-27H2,1H3,(H,39,43)/t35-/m1/s1. The molecule has 0 saturated heterocycles. The number of amides is 2. The third kappa shape index (κ3) is 8.38. The minimum atomic E-state index is -4.23. The monoisotopic (exact) mass is 667 g/mol. The normalized spacial score (nSPS) is 11.7. The van der Waals surface area contributed by atoms with Crippen LogP contribution in [0.3, 0.4) is 0 Å². The SMILES string of the molecule is CNC(=O)[C@@H](Cc1ccccc1)N(Cc1ccccc1Cl)C(=O)CN(c1ccc(Oc2ccccc2)cc1)S(=O)(=O)c1ccccc1. The van der Waals surface area contributed by atoms with Crippen molar-refractivity contribution in [3.05, 3.63) is 156 Å². The van der Waals surface area contributed by atoms with Crippen molar-refractivity contribution in [3.8, 4) is 11.5 Å². The highest BCUT2D eigenvalue weighted by atomic mass is 35.5. The predicted octanol–water partition coefficient (Wildman–Crippen LogP) is 6.71. The molecule has 2 amide bonds. The van der Waals surface area contributed by atoms with Crippen molar-refractivity contribution in [3.63, 3.8) is 0 Å². The lowest BCUT2D eigenvalue weighted by Gasteiger charge is -2.33. The molecule has 0 saturated carbocycles. The second-order valence-electron chi connectivity index (χ2n) is 10.7. The Hall–Kier alpha value is -5.12. The van der Waals surface area contributed by atoms with Crippen LogP contribution in [0.4, 0.5) is 5.69 Å². The number of benzene rings is 5. The highest BCUT2D eigenvalue weighted by Gasteiger charge is 2.34. The molecule has 0 unspecified atom stereocenters. The van der Waals surface area contributed by atoms with E-state index in [0.29, 0.717) is 22.1 Å². The van der Waals surface area contributed by atoms with Crippen molar-refractivity contribution in [2.45, 2.75) is 23.9 Å². The fraction of sp³-hybridized carbons (Fsp3) is 0.135. The molecule has 5 rings (SSSR count). The molecule has 0 radical (unpaired) electrons. The van der Waals surface area contributed by atoms with Crippen LogP contribution in [0.1, 0.15) is 11.1 Å². The molecule has 0 spiro atoms. The maximum Gasteiger partial charge on any atom is 0.264 e. The van der Waals surface area contributed by atoms with E-state index >= 15 is 0 Å². The summed E-state index contributed by atoms with van der Waals surface area (Å²) in [6, 6.07) is 39.0. The zero-order valence-electron chi connectivity index (χ0n) is 25.7. The van der Waals surface area contributed by atoms with Gasteiger partial charge in [0.2, 0.25) is 11.8 Å². The average molecular weight is 668 g/mol. The number of hydrogen-bond acceptors (Lipinski definition) is 5. The van der Waals surface area contributed by atoms with Crippen molar-refractivity contribution in [1.82, 2.24) is 10.2 Å². The molecule has 47 heavy (non-hydrogen) atoms. The van der Waals surface area contributed by atoms with Gasteiger partial charge < -0.3 is 15.0 Å². The summed E-state index contributed by atoms with van der Waals surface area (Å²) in [5, 5.41) is 3.10. The first-order chi connectivity index (χ1) is 22.8. The van der Waals surface area contributed by atoms with Crippen molar-refractivity contribution in [2.75, 3.05) is 17.9 Å². The number of nitrogens with one attached hydrogen (secondary N) is 1. The number of carbonyl (C=O) groups excluding carboxylic acids is 2. The van der Waals surface area contributed by atoms with Gasteiger partial charge in [0.25, 0.3) is 10.0 Å². The zero-order chi connectivity index (χ0) is 33.2. The Morgan fingerprint density at radius 2 is 1.30 bits per heavy atom. The van der Waals surface area contributed by atoms with E-state index in [0.717, 1.165) is 9.87 Å². The summed E-state index contributed by atoms with van der Waals surface area (Å²) < 4.78 is 35.3. The predicted molar refractivity (Wildman–Crippen MR) is 184 cm³/mol. The van der Waals surface area contributed by atoms with E-state index in [9.17, 15) is 18.0 Å². The third-order valence-corrected chi connectivity index (χ3v) is 9.69. The van der Waals surface area contributed by atoms with Crippen molar-refractivity contribution >= 4 is 39.1 Å². The quantitative estimate of drug-likeness (QED) is 0.151. The van der Waals surface area contributed by atoms with Crippen LogP contribution >= 0.6 is 11.6 Å². The van der Waals surface area contributed by atoms with E-state index in [1.165, 1.54) is 24.1 Å². The van der Waals surface area contributed by atoms with Crippen molar-refractivity contribution < 1.29 is 22.7 Å². The van der Waals surface area contributed by atoms with Crippen LogP contribution in [0.2, 0.25) is 5.02 Å². The van der Waals surface area contributed by atoms with Gasteiger partial charge in [-0.15, -0.1) is 0 Å². The summed E-state index contributed by atoms with van der Waals surface area (Å²) in [5.41, 5.74) is 1.70. The topological polar surface area (TPSA) is 96.0 Å². The number of carbonyl (C=O) groups is 2. The van der Waals surface area contributed by atoms with Crippen LogP contribution in [0.25, 0.3) is 0 Å². The van der Waals surface area contributed by atoms with E-state index in [1.807, 2.05) is 60.7 Å². The second kappa shape index (κ2) is 15.4. The molecular formula is C37H34ClN3O5S. The fourth-order valence-electron chi connectivity index (χ4n) is 5.08. The zero-order valence-corrected chi connectivity index (χ0v) is 27.3. The van der Waals surface area contributed by atoms with Gasteiger partial charge in [0.15, 0.2) is 0 Å². The van der Waals surface area contributed by atoms with Gasteiger partial charge in [0.1, 0.15) is 24.1 Å². The number of likely N-dealkylation sites (N-methyl/N-ethyl adjacent to an activating group) is 1. The molecule has 5 aromatic rings. The molecule has 8 nitrogen and oxygen atoms in total. The van der Waals surface area contributed by atoms with E-state index in [2.05, 4.69) is 5.32 Å².